The van der Waals surface area contributed by atoms with Crippen LogP contribution in [0.2, 0.25) is 0 Å². The molecular weight excluding hydrogens is 254 g/mol. The summed E-state index contributed by atoms with van der Waals surface area (Å²) in [6.45, 7) is 4.50. The molecule has 0 spiro atoms. The van der Waals surface area contributed by atoms with Gasteiger partial charge in [0.2, 0.25) is 5.91 Å². The summed E-state index contributed by atoms with van der Waals surface area (Å²) in [6.07, 6.45) is 4.20. The molecule has 1 amide bonds. The summed E-state index contributed by atoms with van der Waals surface area (Å²) < 4.78 is 0. The Bertz CT molecular complexity index is 502. The summed E-state index contributed by atoms with van der Waals surface area (Å²) in [5.74, 6) is 2.49. The number of carbonyl (C=O) groups is 1. The Labute approximate surface area is 118 Å². The molecule has 0 unspecified atom stereocenters. The molecule has 1 saturated heterocycles. The molecule has 6 nitrogen and oxygen atoms in total. The third-order valence-electron chi connectivity index (χ3n) is 4.22. The van der Waals surface area contributed by atoms with E-state index in [4.69, 9.17) is 5.73 Å². The normalized spacial score (nSPS) is 25.8. The minimum absolute atomic E-state index is 0.0900. The summed E-state index contributed by atoms with van der Waals surface area (Å²) in [5, 5.41) is 3.35. The number of hydrogen-bond acceptors (Lipinski definition) is 5. The van der Waals surface area contributed by atoms with Gasteiger partial charge in [-0.25, -0.2) is 9.97 Å². The predicted octanol–water partition coefficient (Wildman–Crippen LogP) is 0.856. The van der Waals surface area contributed by atoms with Gasteiger partial charge in [-0.2, -0.15) is 0 Å². The number of nitrogens with one attached hydrogen (secondary N) is 1. The van der Waals surface area contributed by atoms with Crippen LogP contribution in [0.1, 0.15) is 19.8 Å². The molecule has 2 atom stereocenters. The zero-order valence-corrected chi connectivity index (χ0v) is 11.7. The van der Waals surface area contributed by atoms with E-state index in [1.54, 1.807) is 6.33 Å². The van der Waals surface area contributed by atoms with Gasteiger partial charge >= 0.3 is 0 Å². The maximum absolute atomic E-state index is 11.4. The number of amides is 1. The highest BCUT2D eigenvalue weighted by molar-refractivity contribution is 5.78. The third-order valence-corrected chi connectivity index (χ3v) is 4.22. The number of aromatic nitrogens is 2. The number of hydrogen-bond donors (Lipinski definition) is 2. The first-order valence-corrected chi connectivity index (χ1v) is 7.23. The quantitative estimate of drug-likeness (QED) is 0.832. The van der Waals surface area contributed by atoms with Gasteiger partial charge in [0.15, 0.2) is 0 Å². The van der Waals surface area contributed by atoms with Crippen molar-refractivity contribution < 1.29 is 4.79 Å². The van der Waals surface area contributed by atoms with Gasteiger partial charge in [-0.15, -0.1) is 0 Å². The van der Waals surface area contributed by atoms with Crippen LogP contribution in [-0.4, -0.2) is 35.5 Å². The van der Waals surface area contributed by atoms with Gasteiger partial charge in [-0.1, -0.05) is 6.92 Å². The Kier molecular flexibility index (Phi) is 3.46. The van der Waals surface area contributed by atoms with Gasteiger partial charge in [-0.05, 0) is 24.7 Å². The molecule has 20 heavy (non-hydrogen) atoms. The fourth-order valence-electron chi connectivity index (χ4n) is 2.71. The maximum atomic E-state index is 11.4. The molecule has 1 aromatic rings. The molecule has 0 bridgehead atoms. The van der Waals surface area contributed by atoms with Crippen LogP contribution in [0.25, 0.3) is 0 Å². The number of nitrogens with zero attached hydrogens (tertiary/aromatic N) is 3. The van der Waals surface area contributed by atoms with Crippen molar-refractivity contribution in [2.24, 2.45) is 23.5 Å². The van der Waals surface area contributed by atoms with Crippen LogP contribution in [0, 0.1) is 17.8 Å². The van der Waals surface area contributed by atoms with Crippen LogP contribution >= 0.6 is 0 Å². The molecule has 6 heteroatoms. The van der Waals surface area contributed by atoms with E-state index in [2.05, 4.69) is 27.1 Å². The van der Waals surface area contributed by atoms with Crippen LogP contribution in [0.3, 0.4) is 0 Å². The first kappa shape index (κ1) is 13.1. The van der Waals surface area contributed by atoms with Crippen LogP contribution < -0.4 is 16.0 Å². The lowest BCUT2D eigenvalue weighted by atomic mass is 9.98. The summed E-state index contributed by atoms with van der Waals surface area (Å²) >= 11 is 0. The lowest BCUT2D eigenvalue weighted by Gasteiger charge is -2.17. The second kappa shape index (κ2) is 5.26. The average Bonchev–Trinajstić information content (AvgIpc) is 3.18. The number of primary amides is 1. The van der Waals surface area contributed by atoms with Crippen LogP contribution in [0.5, 0.6) is 0 Å². The standard InChI is InChI=1S/C14H21N5O/c1-9-6-19(7-11(9)14(15)20)13-4-12(17-8-18-13)16-5-10-2-3-10/h4,8-11H,2-3,5-7H2,1H3,(H2,15,20)(H,16,17,18)/t9-,11-/m1/s1. The van der Waals surface area contributed by atoms with E-state index < -0.39 is 0 Å². The summed E-state index contributed by atoms with van der Waals surface area (Å²) in [5.41, 5.74) is 5.44. The molecule has 1 aliphatic heterocycles. The lowest BCUT2D eigenvalue weighted by molar-refractivity contribution is -0.122. The van der Waals surface area contributed by atoms with E-state index in [1.165, 1.54) is 12.8 Å². The smallest absolute Gasteiger partial charge is 0.222 e. The largest absolute Gasteiger partial charge is 0.370 e. The van der Waals surface area contributed by atoms with E-state index in [1.807, 2.05) is 6.07 Å². The SMILES string of the molecule is C[C@@H]1CN(c2cc(NCC3CC3)ncn2)C[C@H]1C(N)=O. The molecule has 0 aromatic carbocycles. The minimum Gasteiger partial charge on any atom is -0.370 e. The van der Waals surface area contributed by atoms with Crippen LogP contribution in [0.4, 0.5) is 11.6 Å². The molecule has 3 N–H and O–H groups in total. The molecule has 2 heterocycles. The summed E-state index contributed by atoms with van der Waals surface area (Å²) in [6, 6.07) is 1.96. The number of rotatable bonds is 5. The van der Waals surface area contributed by atoms with Crippen molar-refractivity contribution in [1.29, 1.82) is 0 Å². The van der Waals surface area contributed by atoms with E-state index in [0.717, 1.165) is 30.6 Å². The summed E-state index contributed by atoms with van der Waals surface area (Å²) in [7, 11) is 0. The molecule has 0 radical (unpaired) electrons. The van der Waals surface area contributed by atoms with Gasteiger partial charge in [0.1, 0.15) is 18.0 Å². The molecule has 1 aromatic heterocycles. The Morgan fingerprint density at radius 3 is 2.90 bits per heavy atom. The Morgan fingerprint density at radius 1 is 1.45 bits per heavy atom. The fraction of sp³-hybridized carbons (Fsp3) is 0.643. The highest BCUT2D eigenvalue weighted by atomic mass is 16.1. The maximum Gasteiger partial charge on any atom is 0.222 e. The van der Waals surface area contributed by atoms with E-state index in [-0.39, 0.29) is 17.7 Å². The highest BCUT2D eigenvalue weighted by Gasteiger charge is 2.34. The van der Waals surface area contributed by atoms with Gasteiger partial charge in [-0.3, -0.25) is 4.79 Å². The van der Waals surface area contributed by atoms with Crippen molar-refractivity contribution >= 4 is 17.5 Å². The predicted molar refractivity (Wildman–Crippen MR) is 77.3 cm³/mol. The lowest BCUT2D eigenvalue weighted by Crippen LogP contribution is -2.29. The van der Waals surface area contributed by atoms with Gasteiger partial charge in [0, 0.05) is 25.7 Å². The van der Waals surface area contributed by atoms with Gasteiger partial charge < -0.3 is 16.0 Å². The molecule has 1 aliphatic carbocycles. The van der Waals surface area contributed by atoms with E-state index in [9.17, 15) is 4.79 Å². The van der Waals surface area contributed by atoms with Crippen molar-refractivity contribution in [2.75, 3.05) is 29.9 Å². The Morgan fingerprint density at radius 2 is 2.25 bits per heavy atom. The minimum atomic E-state index is -0.221. The zero-order valence-electron chi connectivity index (χ0n) is 11.7. The fourth-order valence-corrected chi connectivity index (χ4v) is 2.71. The number of anilines is 2. The molecule has 2 fully saturated rings. The second-order valence-electron chi connectivity index (χ2n) is 5.98. The second-order valence-corrected chi connectivity index (χ2v) is 5.98. The molecule has 108 valence electrons. The van der Waals surface area contributed by atoms with E-state index >= 15 is 0 Å². The first-order chi connectivity index (χ1) is 9.63. The van der Waals surface area contributed by atoms with Gasteiger partial charge in [0.25, 0.3) is 0 Å². The Hall–Kier alpha value is -1.85. The van der Waals surface area contributed by atoms with Crippen molar-refractivity contribution in [3.63, 3.8) is 0 Å². The van der Waals surface area contributed by atoms with E-state index in [0.29, 0.717) is 6.54 Å². The van der Waals surface area contributed by atoms with Crippen molar-refractivity contribution in [1.82, 2.24) is 9.97 Å². The average molecular weight is 275 g/mol. The highest BCUT2D eigenvalue weighted by Crippen LogP contribution is 2.30. The third kappa shape index (κ3) is 2.84. The number of carbonyl (C=O) groups excluding carboxylic acids is 1. The molecule has 1 saturated carbocycles. The molecule has 2 aliphatic rings. The summed E-state index contributed by atoms with van der Waals surface area (Å²) in [4.78, 5) is 22.1. The number of nitrogens with two attached hydrogens (primary N) is 1. The topological polar surface area (TPSA) is 84.1 Å². The van der Waals surface area contributed by atoms with Crippen molar-refractivity contribution in [3.8, 4) is 0 Å². The molecule has 3 rings (SSSR count). The van der Waals surface area contributed by atoms with Crippen molar-refractivity contribution in [2.45, 2.75) is 19.8 Å². The van der Waals surface area contributed by atoms with Crippen LogP contribution in [-0.2, 0) is 4.79 Å². The van der Waals surface area contributed by atoms with Gasteiger partial charge in [0.05, 0.1) is 5.92 Å². The van der Waals surface area contributed by atoms with Crippen molar-refractivity contribution in [3.05, 3.63) is 12.4 Å². The zero-order chi connectivity index (χ0) is 14.1. The Balaban J connectivity index is 1.67. The molecular formula is C14H21N5O. The first-order valence-electron chi connectivity index (χ1n) is 7.23. The van der Waals surface area contributed by atoms with Crippen LogP contribution in [0.15, 0.2) is 12.4 Å². The monoisotopic (exact) mass is 275 g/mol.